The number of aliphatic hydroxyl groups is 2. The zero-order valence-corrected chi connectivity index (χ0v) is 44.2. The summed E-state index contributed by atoms with van der Waals surface area (Å²) in [5.74, 6) is 3.60. The molecule has 4 spiro atoms. The van der Waals surface area contributed by atoms with Crippen LogP contribution >= 0.6 is 12.4 Å². The lowest BCUT2D eigenvalue weighted by Gasteiger charge is -2.75. The monoisotopic (exact) mass is 987 g/mol. The van der Waals surface area contributed by atoms with Gasteiger partial charge in [0, 0.05) is 84.0 Å². The molecule has 10 fully saturated rings. The Hall–Kier alpha value is -2.31. The highest BCUT2D eigenvalue weighted by Crippen LogP contribution is 2.80. The molecule has 2 aromatic carbocycles. The Bertz CT molecular complexity index is 2290. The number of halogens is 1. The third-order valence-corrected chi connectivity index (χ3v) is 23.7. The summed E-state index contributed by atoms with van der Waals surface area (Å²) >= 11 is 0. The van der Waals surface area contributed by atoms with Crippen molar-refractivity contribution in [1.29, 1.82) is 0 Å². The van der Waals surface area contributed by atoms with E-state index < -0.39 is 22.4 Å². The number of fused-ring (bicyclic) bond motifs is 4. The van der Waals surface area contributed by atoms with Crippen molar-refractivity contribution in [3.8, 4) is 23.0 Å². The standard InChI is InChI=1S/2C29H41NO4.CH4.ClH/c2*1-25(2,3)26(4,32)20-15-27-10-11-29(20,33-5)24-28(27)12-13-30(16-17-6-7-17)21(27)14-18-8-9-19(31)23(34-24)22(18)28;;/h2*8-9,17,20-21,24,31-32H,6-7,10-16H2,1-5H3;1H4;1H/t2*20-,21-,24-,26+,27?,28+,29+;;/m11../s1. The minimum absolute atomic E-state index is 0. The van der Waals surface area contributed by atoms with Crippen molar-refractivity contribution in [3.05, 3.63) is 46.5 Å². The third-order valence-electron chi connectivity index (χ3n) is 23.7. The highest BCUT2D eigenvalue weighted by Gasteiger charge is 2.84. The number of rotatable bonds is 8. The zero-order valence-electron chi connectivity index (χ0n) is 43.4. The molecule has 2 aromatic rings. The smallest absolute Gasteiger partial charge is 0.165 e. The molecule has 4 heterocycles. The minimum atomic E-state index is -0.909. The van der Waals surface area contributed by atoms with Gasteiger partial charge in [-0.15, -0.1) is 12.4 Å². The lowest BCUT2D eigenvalue weighted by Crippen LogP contribution is -2.83. The van der Waals surface area contributed by atoms with Crippen LogP contribution in [0.5, 0.6) is 23.0 Å². The quantitative estimate of drug-likeness (QED) is 0.203. The summed E-state index contributed by atoms with van der Waals surface area (Å²) in [5, 5.41) is 46.3. The Balaban J connectivity index is 0.000000148. The third kappa shape index (κ3) is 5.70. The van der Waals surface area contributed by atoms with Crippen molar-refractivity contribution < 1.29 is 39.4 Å². The van der Waals surface area contributed by atoms with Gasteiger partial charge in [0.15, 0.2) is 23.0 Å². The normalized spacial score (nSPS) is 42.6. The van der Waals surface area contributed by atoms with Gasteiger partial charge in [0.2, 0.25) is 0 Å². The second-order valence-corrected chi connectivity index (χ2v) is 27.6. The number of likely N-dealkylation sites (tertiary alicyclic amines) is 2. The van der Waals surface area contributed by atoms with Gasteiger partial charge in [-0.1, -0.05) is 61.1 Å². The molecular formula is C59H87ClN2O8. The van der Waals surface area contributed by atoms with Crippen molar-refractivity contribution in [2.45, 2.75) is 210 Å². The fourth-order valence-electron chi connectivity index (χ4n) is 19.2. The maximum Gasteiger partial charge on any atom is 0.165 e. The number of hydrogen-bond acceptors (Lipinski definition) is 10. The zero-order chi connectivity index (χ0) is 47.8. The molecule has 8 bridgehead atoms. The maximum absolute atomic E-state index is 12.2. The molecule has 11 heteroatoms. The van der Waals surface area contributed by atoms with Gasteiger partial charge in [-0.25, -0.2) is 0 Å². The largest absolute Gasteiger partial charge is 0.504 e. The van der Waals surface area contributed by atoms with Gasteiger partial charge < -0.3 is 39.4 Å². The number of methoxy groups -OCH3 is 2. The fourth-order valence-corrected chi connectivity index (χ4v) is 19.2. The molecule has 4 aliphatic heterocycles. The first-order chi connectivity index (χ1) is 32.0. The predicted octanol–water partition coefficient (Wildman–Crippen LogP) is 9.89. The number of ether oxygens (including phenoxy) is 4. The average Bonchev–Trinajstić information content (AvgIpc) is 4.23. The molecule has 14 aliphatic rings. The molecule has 70 heavy (non-hydrogen) atoms. The highest BCUT2D eigenvalue weighted by molar-refractivity contribution is 5.85. The number of piperidine rings is 2. The molecule has 14 atom stereocenters. The first kappa shape index (κ1) is 49.9. The van der Waals surface area contributed by atoms with Crippen molar-refractivity contribution >= 4 is 12.4 Å². The molecule has 0 amide bonds. The van der Waals surface area contributed by atoms with Gasteiger partial charge in [-0.2, -0.15) is 0 Å². The lowest BCUT2D eigenvalue weighted by atomic mass is 9.33. The second-order valence-electron chi connectivity index (χ2n) is 27.6. The maximum atomic E-state index is 12.2. The van der Waals surface area contributed by atoms with Crippen LogP contribution in [0.1, 0.15) is 162 Å². The summed E-state index contributed by atoms with van der Waals surface area (Å²) in [6, 6.07) is 8.92. The van der Waals surface area contributed by atoms with E-state index >= 15 is 0 Å². The van der Waals surface area contributed by atoms with E-state index in [-0.39, 0.29) is 87.9 Å². The second kappa shape index (κ2) is 15.2. The summed E-state index contributed by atoms with van der Waals surface area (Å²) in [4.78, 5) is 5.64. The van der Waals surface area contributed by atoms with Crippen LogP contribution in [0.3, 0.4) is 0 Å². The van der Waals surface area contributed by atoms with Gasteiger partial charge in [-0.3, -0.25) is 9.80 Å². The number of benzene rings is 2. The molecule has 2 unspecified atom stereocenters. The van der Waals surface area contributed by atoms with Crippen LogP contribution in [0.25, 0.3) is 0 Å². The molecular weight excluding hydrogens is 900 g/mol. The summed E-state index contributed by atoms with van der Waals surface area (Å²) in [6.07, 6.45) is 15.3. The van der Waals surface area contributed by atoms with Crippen LogP contribution in [0.4, 0.5) is 0 Å². The number of nitrogens with zero attached hydrogens (tertiary/aromatic N) is 2. The van der Waals surface area contributed by atoms with Gasteiger partial charge in [0.25, 0.3) is 0 Å². The van der Waals surface area contributed by atoms with Crippen LogP contribution in [0, 0.1) is 45.3 Å². The van der Waals surface area contributed by atoms with E-state index in [1.807, 2.05) is 40.2 Å². The molecule has 2 saturated heterocycles. The van der Waals surface area contributed by atoms with Gasteiger partial charge in [-0.05, 0) is 163 Å². The molecule has 10 nitrogen and oxygen atoms in total. The van der Waals surface area contributed by atoms with Crippen molar-refractivity contribution in [1.82, 2.24) is 9.80 Å². The van der Waals surface area contributed by atoms with Crippen LogP contribution in [0.15, 0.2) is 24.3 Å². The van der Waals surface area contributed by atoms with E-state index in [2.05, 4.69) is 63.5 Å². The fraction of sp³-hybridized carbons (Fsp3) is 0.797. The topological polar surface area (TPSA) is 124 Å². The first-order valence-electron chi connectivity index (χ1n) is 27.1. The van der Waals surface area contributed by atoms with Crippen LogP contribution in [-0.4, -0.2) is 117 Å². The van der Waals surface area contributed by atoms with Crippen LogP contribution < -0.4 is 9.47 Å². The lowest BCUT2D eigenvalue weighted by molar-refractivity contribution is -0.312. The van der Waals surface area contributed by atoms with E-state index in [4.69, 9.17) is 18.9 Å². The average molecular weight is 988 g/mol. The SMILES string of the molecule is C.CO[C@@]12CCC3(C[C@@H]1[C@](C)(O)C(C)(C)C)[C@H]1Cc4ccc(O)c5c4[C@@]3(CCN1CC1CC1)[C@H]2O5.CO[C@@]12CCC3(C[C@@H]1[C@](C)(O)C(C)(C)C)[C@H]1Cc4ccc(O)c5c4[C@@]3(CCN1CC1CC1)[C@H]2O5.Cl. The van der Waals surface area contributed by atoms with Crippen molar-refractivity contribution in [3.63, 3.8) is 0 Å². The van der Waals surface area contributed by atoms with E-state index in [1.54, 1.807) is 0 Å². The van der Waals surface area contributed by atoms with Crippen molar-refractivity contribution in [2.24, 2.45) is 45.3 Å². The number of phenols is 2. The van der Waals surface area contributed by atoms with Crippen LogP contribution in [-0.2, 0) is 33.1 Å². The summed E-state index contributed by atoms with van der Waals surface area (Å²) in [6.45, 7) is 21.6. The number of hydrogen-bond donors (Lipinski definition) is 4. The summed E-state index contributed by atoms with van der Waals surface area (Å²) < 4.78 is 26.9. The van der Waals surface area contributed by atoms with E-state index in [0.717, 1.165) is 89.1 Å². The van der Waals surface area contributed by atoms with Gasteiger partial charge in [0.05, 0.1) is 11.2 Å². The Labute approximate surface area is 425 Å². The van der Waals surface area contributed by atoms with E-state index in [9.17, 15) is 20.4 Å². The molecule has 0 radical (unpaired) electrons. The first-order valence-corrected chi connectivity index (χ1v) is 27.1. The number of phenolic OH excluding ortho intramolecular Hbond substituents is 2. The summed E-state index contributed by atoms with van der Waals surface area (Å²) in [5.41, 5.74) is 1.57. The number of aromatic hydroxyl groups is 2. The van der Waals surface area contributed by atoms with E-state index in [1.165, 1.54) is 61.0 Å². The highest BCUT2D eigenvalue weighted by atomic mass is 35.5. The predicted molar refractivity (Wildman–Crippen MR) is 274 cm³/mol. The molecule has 4 N–H and O–H groups in total. The summed E-state index contributed by atoms with van der Waals surface area (Å²) in [7, 11) is 3.66. The molecule has 10 aliphatic carbocycles. The van der Waals surface area contributed by atoms with Gasteiger partial charge >= 0.3 is 0 Å². The molecule has 0 aromatic heterocycles. The van der Waals surface area contributed by atoms with E-state index in [0.29, 0.717) is 23.6 Å². The molecule has 8 saturated carbocycles. The minimum Gasteiger partial charge on any atom is -0.504 e. The van der Waals surface area contributed by atoms with Crippen molar-refractivity contribution in [2.75, 3.05) is 40.4 Å². The molecule has 16 rings (SSSR count). The molecule has 388 valence electrons. The Morgan fingerprint density at radius 1 is 0.586 bits per heavy atom. The Kier molecular flexibility index (Phi) is 10.8. The Morgan fingerprint density at radius 2 is 0.957 bits per heavy atom. The van der Waals surface area contributed by atoms with Crippen LogP contribution in [0.2, 0.25) is 0 Å². The van der Waals surface area contributed by atoms with Gasteiger partial charge in [0.1, 0.15) is 23.4 Å². The Morgan fingerprint density at radius 3 is 1.29 bits per heavy atom.